The van der Waals surface area contributed by atoms with E-state index in [1.165, 1.54) is 6.92 Å². The van der Waals surface area contributed by atoms with E-state index >= 15 is 0 Å². The van der Waals surface area contributed by atoms with Gasteiger partial charge in [-0.2, -0.15) is 18.2 Å². The van der Waals surface area contributed by atoms with E-state index in [-0.39, 0.29) is 36.9 Å². The van der Waals surface area contributed by atoms with Gasteiger partial charge in [-0.05, 0) is 6.92 Å². The van der Waals surface area contributed by atoms with Crippen molar-refractivity contribution in [1.82, 2.24) is 10.1 Å². The summed E-state index contributed by atoms with van der Waals surface area (Å²) in [4.78, 5) is 14.5. The van der Waals surface area contributed by atoms with Gasteiger partial charge in [0.2, 0.25) is 5.89 Å². The van der Waals surface area contributed by atoms with Crippen LogP contribution in [0.5, 0.6) is 0 Å². The van der Waals surface area contributed by atoms with Gasteiger partial charge in [-0.3, -0.25) is 4.79 Å². The third-order valence-corrected chi connectivity index (χ3v) is 1.65. The van der Waals surface area contributed by atoms with Gasteiger partial charge in [0.1, 0.15) is 12.4 Å². The lowest BCUT2D eigenvalue weighted by atomic mass is 10.3. The molecule has 0 bridgehead atoms. The molecule has 0 aliphatic carbocycles. The van der Waals surface area contributed by atoms with Crippen LogP contribution in [0.4, 0.5) is 13.2 Å². The van der Waals surface area contributed by atoms with E-state index in [0.29, 0.717) is 0 Å². The summed E-state index contributed by atoms with van der Waals surface area (Å²) in [6.07, 6.45) is -4.20. The van der Waals surface area contributed by atoms with Crippen molar-refractivity contribution >= 4 is 5.78 Å². The van der Waals surface area contributed by atoms with E-state index in [0.717, 1.165) is 0 Å². The largest absolute Gasteiger partial charge is 0.411 e. The molecule has 1 aromatic heterocycles. The topological polar surface area (TPSA) is 65.2 Å². The number of aromatic nitrogens is 2. The molecule has 0 saturated heterocycles. The van der Waals surface area contributed by atoms with E-state index in [1.54, 1.807) is 0 Å². The van der Waals surface area contributed by atoms with Gasteiger partial charge in [0.25, 0.3) is 0 Å². The number of hydrogen-bond donors (Lipinski definition) is 0. The molecule has 8 heteroatoms. The van der Waals surface area contributed by atoms with Gasteiger partial charge in [-0.15, -0.1) is 0 Å². The lowest BCUT2D eigenvalue weighted by Gasteiger charge is -2.05. The molecule has 0 aliphatic rings. The van der Waals surface area contributed by atoms with Crippen molar-refractivity contribution in [1.29, 1.82) is 0 Å². The maximum atomic E-state index is 11.7. The summed E-state index contributed by atoms with van der Waals surface area (Å²) in [5.74, 6) is 0.250. The Kier molecular flexibility index (Phi) is 4.62. The molecule has 0 amide bonds. The SMILES string of the molecule is CC(=O)Cc1nc(CCOCC(F)(F)F)no1. The molecule has 0 aliphatic heterocycles. The van der Waals surface area contributed by atoms with Crippen molar-refractivity contribution in [2.75, 3.05) is 13.2 Å². The lowest BCUT2D eigenvalue weighted by Crippen LogP contribution is -2.18. The fraction of sp³-hybridized carbons (Fsp3) is 0.667. The quantitative estimate of drug-likeness (QED) is 0.714. The highest BCUT2D eigenvalue weighted by atomic mass is 19.4. The lowest BCUT2D eigenvalue weighted by molar-refractivity contribution is -0.173. The van der Waals surface area contributed by atoms with Crippen molar-refractivity contribution < 1.29 is 27.2 Å². The fourth-order valence-electron chi connectivity index (χ4n) is 1.03. The Morgan fingerprint density at radius 1 is 1.47 bits per heavy atom. The molecule has 96 valence electrons. The molecule has 0 N–H and O–H groups in total. The highest BCUT2D eigenvalue weighted by Gasteiger charge is 2.27. The summed E-state index contributed by atoms with van der Waals surface area (Å²) >= 11 is 0. The molecule has 1 rings (SSSR count). The summed E-state index contributed by atoms with van der Waals surface area (Å²) in [6, 6.07) is 0. The Morgan fingerprint density at radius 2 is 2.18 bits per heavy atom. The van der Waals surface area contributed by atoms with Gasteiger partial charge in [-0.1, -0.05) is 5.16 Å². The minimum Gasteiger partial charge on any atom is -0.372 e. The molecule has 0 aromatic carbocycles. The molecule has 0 spiro atoms. The number of ether oxygens (including phenoxy) is 1. The zero-order valence-electron chi connectivity index (χ0n) is 9.08. The van der Waals surface area contributed by atoms with E-state index in [4.69, 9.17) is 4.52 Å². The summed E-state index contributed by atoms with van der Waals surface area (Å²) in [5.41, 5.74) is 0. The predicted octanol–water partition coefficient (Wildman–Crippen LogP) is 1.32. The Morgan fingerprint density at radius 3 is 2.76 bits per heavy atom. The van der Waals surface area contributed by atoms with Gasteiger partial charge in [0.15, 0.2) is 5.82 Å². The Hall–Kier alpha value is -1.44. The average molecular weight is 252 g/mol. The van der Waals surface area contributed by atoms with Gasteiger partial charge >= 0.3 is 6.18 Å². The zero-order valence-corrected chi connectivity index (χ0v) is 9.08. The highest BCUT2D eigenvalue weighted by molar-refractivity contribution is 5.77. The summed E-state index contributed by atoms with van der Waals surface area (Å²) in [5, 5.41) is 3.50. The second kappa shape index (κ2) is 5.76. The molecule has 17 heavy (non-hydrogen) atoms. The number of rotatable bonds is 6. The van der Waals surface area contributed by atoms with Crippen LogP contribution >= 0.6 is 0 Å². The minimum absolute atomic E-state index is 0.0242. The van der Waals surface area contributed by atoms with Crippen LogP contribution in [-0.4, -0.2) is 35.3 Å². The van der Waals surface area contributed by atoms with Crippen molar-refractivity contribution in [3.8, 4) is 0 Å². The first-order valence-corrected chi connectivity index (χ1v) is 4.82. The number of ketones is 1. The van der Waals surface area contributed by atoms with Crippen LogP contribution in [0.2, 0.25) is 0 Å². The standard InChI is InChI=1S/C9H11F3N2O3/c1-6(15)4-8-13-7(14-17-8)2-3-16-5-9(10,11)12/h2-5H2,1H3. The normalized spacial score (nSPS) is 11.8. The van der Waals surface area contributed by atoms with Crippen molar-refractivity contribution in [2.45, 2.75) is 25.9 Å². The number of alkyl halides is 3. The highest BCUT2D eigenvalue weighted by Crippen LogP contribution is 2.14. The number of carbonyl (C=O) groups excluding carboxylic acids is 1. The first-order valence-electron chi connectivity index (χ1n) is 4.82. The molecular weight excluding hydrogens is 241 g/mol. The summed E-state index contributed by atoms with van der Waals surface area (Å²) in [7, 11) is 0. The van der Waals surface area contributed by atoms with Crippen LogP contribution in [0.25, 0.3) is 0 Å². The molecule has 0 fully saturated rings. The molecule has 0 saturated carbocycles. The van der Waals surface area contributed by atoms with Crippen LogP contribution in [0.3, 0.4) is 0 Å². The number of halogens is 3. The number of carbonyl (C=O) groups is 1. The third-order valence-electron chi connectivity index (χ3n) is 1.65. The van der Waals surface area contributed by atoms with E-state index in [1.807, 2.05) is 0 Å². The predicted molar refractivity (Wildman–Crippen MR) is 49.3 cm³/mol. The third kappa shape index (κ3) is 6.00. The molecular formula is C9H11F3N2O3. The van der Waals surface area contributed by atoms with Crippen LogP contribution in [-0.2, 0) is 22.4 Å². The maximum Gasteiger partial charge on any atom is 0.411 e. The molecule has 1 aromatic rings. The second-order valence-electron chi connectivity index (χ2n) is 3.40. The van der Waals surface area contributed by atoms with Gasteiger partial charge < -0.3 is 9.26 Å². The van der Waals surface area contributed by atoms with Crippen LogP contribution in [0, 0.1) is 0 Å². The monoisotopic (exact) mass is 252 g/mol. The maximum absolute atomic E-state index is 11.7. The van der Waals surface area contributed by atoms with E-state index in [2.05, 4.69) is 14.9 Å². The fourth-order valence-corrected chi connectivity index (χ4v) is 1.03. The second-order valence-corrected chi connectivity index (χ2v) is 3.40. The first kappa shape index (κ1) is 13.6. The van der Waals surface area contributed by atoms with E-state index < -0.39 is 12.8 Å². The minimum atomic E-state index is -4.34. The van der Waals surface area contributed by atoms with Crippen LogP contribution < -0.4 is 0 Å². The Bertz CT molecular complexity index is 376. The van der Waals surface area contributed by atoms with Gasteiger partial charge in [-0.25, -0.2) is 0 Å². The van der Waals surface area contributed by atoms with E-state index in [9.17, 15) is 18.0 Å². The zero-order chi connectivity index (χ0) is 12.9. The Balaban J connectivity index is 2.28. The number of nitrogens with zero attached hydrogens (tertiary/aromatic N) is 2. The average Bonchev–Trinajstić information content (AvgIpc) is 2.58. The smallest absolute Gasteiger partial charge is 0.372 e. The molecule has 5 nitrogen and oxygen atoms in total. The first-order chi connectivity index (χ1) is 7.87. The molecule has 1 heterocycles. The molecule has 0 unspecified atom stereocenters. The Labute approximate surface area is 94.9 Å². The number of hydrogen-bond acceptors (Lipinski definition) is 5. The van der Waals surface area contributed by atoms with Gasteiger partial charge in [0.05, 0.1) is 13.0 Å². The van der Waals surface area contributed by atoms with Crippen LogP contribution in [0.1, 0.15) is 18.6 Å². The van der Waals surface area contributed by atoms with Crippen molar-refractivity contribution in [2.24, 2.45) is 0 Å². The van der Waals surface area contributed by atoms with Crippen molar-refractivity contribution in [3.63, 3.8) is 0 Å². The molecule has 0 radical (unpaired) electrons. The van der Waals surface area contributed by atoms with Crippen LogP contribution in [0.15, 0.2) is 4.52 Å². The summed E-state index contributed by atoms with van der Waals surface area (Å²) in [6.45, 7) is -0.0833. The number of Topliss-reactive ketones (excluding diaryl/α,β-unsaturated/α-hetero) is 1. The van der Waals surface area contributed by atoms with Gasteiger partial charge in [0, 0.05) is 6.42 Å². The van der Waals surface area contributed by atoms with Crippen molar-refractivity contribution in [3.05, 3.63) is 11.7 Å². The molecule has 0 atom stereocenters. The summed E-state index contributed by atoms with van der Waals surface area (Å²) < 4.78 is 44.2.